The van der Waals surface area contributed by atoms with Gasteiger partial charge in [0.25, 0.3) is 0 Å². The van der Waals surface area contributed by atoms with Crippen LogP contribution < -0.4 is 0 Å². The van der Waals surface area contributed by atoms with Crippen molar-refractivity contribution in [3.8, 4) is 0 Å². The Labute approximate surface area is 181 Å². The topological polar surface area (TPSA) is 52.7 Å². The molecule has 0 saturated carbocycles. The van der Waals surface area contributed by atoms with E-state index in [1.54, 1.807) is 4.68 Å². The van der Waals surface area contributed by atoms with E-state index in [-0.39, 0.29) is 12.3 Å². The zero-order valence-electron chi connectivity index (χ0n) is 15.5. The Morgan fingerprint density at radius 1 is 0.862 bits per heavy atom. The third kappa shape index (κ3) is 3.44. The molecule has 5 nitrogen and oxygen atoms in total. The Morgan fingerprint density at radius 3 is 2.14 bits per heavy atom. The number of aromatic nitrogens is 4. The van der Waals surface area contributed by atoms with E-state index in [4.69, 9.17) is 0 Å². The number of hydrogen-bond donors (Lipinski definition) is 0. The van der Waals surface area contributed by atoms with Crippen LogP contribution >= 0.6 is 22.6 Å². The molecule has 0 amide bonds. The predicted molar refractivity (Wildman–Crippen MR) is 122 cm³/mol. The molecule has 5 aromatic rings. The van der Waals surface area contributed by atoms with Crippen molar-refractivity contribution in [2.24, 2.45) is 0 Å². The van der Waals surface area contributed by atoms with Gasteiger partial charge in [0.15, 0.2) is 5.78 Å². The van der Waals surface area contributed by atoms with Crippen molar-refractivity contribution in [1.29, 1.82) is 0 Å². The highest BCUT2D eigenvalue weighted by molar-refractivity contribution is 14.1. The van der Waals surface area contributed by atoms with Crippen molar-refractivity contribution in [1.82, 2.24) is 19.6 Å². The summed E-state index contributed by atoms with van der Waals surface area (Å²) >= 11 is 2.23. The van der Waals surface area contributed by atoms with Gasteiger partial charge in [-0.25, -0.2) is 4.68 Å². The van der Waals surface area contributed by atoms with E-state index in [1.165, 1.54) is 21.8 Å². The van der Waals surface area contributed by atoms with Crippen LogP contribution in [0.3, 0.4) is 0 Å². The minimum absolute atomic E-state index is 0.0229. The average molecular weight is 492 g/mol. The highest BCUT2D eigenvalue weighted by Crippen LogP contribution is 2.29. The fraction of sp³-hybridized carbons (Fsp3) is 0.0870. The molecule has 0 aliphatic rings. The number of hydrogen-bond acceptors (Lipinski definition) is 3. The van der Waals surface area contributed by atoms with Gasteiger partial charge in [-0.1, -0.05) is 53.7 Å². The van der Waals surface area contributed by atoms with Crippen molar-refractivity contribution < 1.29 is 4.79 Å². The van der Waals surface area contributed by atoms with Gasteiger partial charge in [-0.15, -0.1) is 5.10 Å². The maximum absolute atomic E-state index is 12.5. The Kier molecular flexibility index (Phi) is 4.63. The molecule has 0 saturated heterocycles. The fourth-order valence-corrected chi connectivity index (χ4v) is 4.06. The second kappa shape index (κ2) is 7.44. The summed E-state index contributed by atoms with van der Waals surface area (Å²) in [7, 11) is 0. The summed E-state index contributed by atoms with van der Waals surface area (Å²) in [6.45, 7) is 0.784. The average Bonchev–Trinajstić information content (AvgIpc) is 3.32. The highest BCUT2D eigenvalue weighted by atomic mass is 127. The second-order valence-corrected chi connectivity index (χ2v) is 8.20. The molecule has 3 aromatic carbocycles. The van der Waals surface area contributed by atoms with Crippen molar-refractivity contribution in [2.45, 2.75) is 13.1 Å². The summed E-state index contributed by atoms with van der Waals surface area (Å²) in [4.78, 5) is 12.5. The van der Waals surface area contributed by atoms with Crippen LogP contribution in [-0.4, -0.2) is 25.3 Å². The molecule has 0 aliphatic carbocycles. The number of fused-ring (bicyclic) bond motifs is 3. The van der Waals surface area contributed by atoms with Crippen LogP contribution in [0.4, 0.5) is 0 Å². The molecule has 6 heteroatoms. The van der Waals surface area contributed by atoms with Gasteiger partial charge in [-0.05, 0) is 46.9 Å². The number of carbonyl (C=O) groups excluding carboxylic acids is 1. The standard InChI is InChI=1S/C23H17IN4O/c24-17-11-9-16(10-12-17)23(29)15-27-13-18(25-26-27)14-28-21-7-3-1-5-19(21)20-6-2-4-8-22(20)28/h1-13H,14-15H2. The van der Waals surface area contributed by atoms with Crippen LogP contribution in [-0.2, 0) is 13.1 Å². The maximum atomic E-state index is 12.5. The van der Waals surface area contributed by atoms with E-state index in [9.17, 15) is 4.79 Å². The number of rotatable bonds is 5. The van der Waals surface area contributed by atoms with Gasteiger partial charge in [0.05, 0.1) is 12.7 Å². The molecule has 0 atom stereocenters. The van der Waals surface area contributed by atoms with Crippen LogP contribution in [0.25, 0.3) is 21.8 Å². The van der Waals surface area contributed by atoms with E-state index in [1.807, 2.05) is 42.6 Å². The number of benzene rings is 3. The van der Waals surface area contributed by atoms with E-state index in [2.05, 4.69) is 73.9 Å². The molecule has 0 fully saturated rings. The van der Waals surface area contributed by atoms with E-state index < -0.39 is 0 Å². The molecule has 142 valence electrons. The minimum Gasteiger partial charge on any atom is -0.334 e. The molecule has 0 bridgehead atoms. The molecular weight excluding hydrogens is 475 g/mol. The van der Waals surface area contributed by atoms with Gasteiger partial charge in [0, 0.05) is 30.9 Å². The lowest BCUT2D eigenvalue weighted by Gasteiger charge is -2.04. The monoisotopic (exact) mass is 492 g/mol. The molecule has 5 rings (SSSR count). The first-order valence-electron chi connectivity index (χ1n) is 9.33. The van der Waals surface area contributed by atoms with Crippen molar-refractivity contribution in [3.63, 3.8) is 0 Å². The quantitative estimate of drug-likeness (QED) is 0.259. The maximum Gasteiger partial charge on any atom is 0.184 e. The summed E-state index contributed by atoms with van der Waals surface area (Å²) in [6.07, 6.45) is 1.86. The van der Waals surface area contributed by atoms with Crippen LogP contribution in [0.1, 0.15) is 16.1 Å². The fourth-order valence-electron chi connectivity index (χ4n) is 3.70. The Balaban J connectivity index is 1.43. The Hall–Kier alpha value is -3.00. The lowest BCUT2D eigenvalue weighted by atomic mass is 10.1. The number of carbonyl (C=O) groups is 1. The molecule has 0 N–H and O–H groups in total. The Bertz CT molecular complexity index is 1280. The van der Waals surface area contributed by atoms with Gasteiger partial charge in [-0.2, -0.15) is 0 Å². The molecule has 0 radical (unpaired) electrons. The van der Waals surface area contributed by atoms with Gasteiger partial charge in [-0.3, -0.25) is 4.79 Å². The molecule has 29 heavy (non-hydrogen) atoms. The van der Waals surface area contributed by atoms with Crippen LogP contribution in [0.2, 0.25) is 0 Å². The molecule has 2 heterocycles. The van der Waals surface area contributed by atoms with Gasteiger partial charge < -0.3 is 4.57 Å². The van der Waals surface area contributed by atoms with Crippen molar-refractivity contribution in [2.75, 3.05) is 0 Å². The van der Waals surface area contributed by atoms with Crippen LogP contribution in [0, 0.1) is 3.57 Å². The number of nitrogens with zero attached hydrogens (tertiary/aromatic N) is 4. The van der Waals surface area contributed by atoms with E-state index >= 15 is 0 Å². The number of ketones is 1. The predicted octanol–water partition coefficient (Wildman–Crippen LogP) is 4.92. The van der Waals surface area contributed by atoms with Gasteiger partial charge >= 0.3 is 0 Å². The third-order valence-corrected chi connectivity index (χ3v) is 5.78. The van der Waals surface area contributed by atoms with Crippen molar-refractivity contribution in [3.05, 3.63) is 93.8 Å². The first-order valence-corrected chi connectivity index (χ1v) is 10.4. The number of Topliss-reactive ketones (excluding diaryl/α,β-unsaturated/α-hetero) is 1. The first kappa shape index (κ1) is 18.1. The van der Waals surface area contributed by atoms with Gasteiger partial charge in [0.1, 0.15) is 12.2 Å². The Morgan fingerprint density at radius 2 is 1.48 bits per heavy atom. The van der Waals surface area contributed by atoms with Crippen LogP contribution in [0.5, 0.6) is 0 Å². The lowest BCUT2D eigenvalue weighted by molar-refractivity contribution is 0.0967. The molecular formula is C23H17IN4O. The first-order chi connectivity index (χ1) is 14.2. The molecule has 0 spiro atoms. The highest BCUT2D eigenvalue weighted by Gasteiger charge is 2.13. The van der Waals surface area contributed by atoms with Gasteiger partial charge in [0.2, 0.25) is 0 Å². The SMILES string of the molecule is O=C(Cn1cc(Cn2c3ccccc3c3ccccc32)nn1)c1ccc(I)cc1. The largest absolute Gasteiger partial charge is 0.334 e. The summed E-state index contributed by atoms with van der Waals surface area (Å²) in [5, 5.41) is 10.9. The van der Waals surface area contributed by atoms with E-state index in [0.29, 0.717) is 12.1 Å². The van der Waals surface area contributed by atoms with Crippen LogP contribution in [0.15, 0.2) is 79.0 Å². The lowest BCUT2D eigenvalue weighted by Crippen LogP contribution is -2.11. The molecule has 2 aromatic heterocycles. The molecule has 0 unspecified atom stereocenters. The smallest absolute Gasteiger partial charge is 0.184 e. The summed E-state index contributed by atoms with van der Waals surface area (Å²) in [5.41, 5.74) is 3.84. The second-order valence-electron chi connectivity index (χ2n) is 6.96. The zero-order chi connectivity index (χ0) is 19.8. The van der Waals surface area contributed by atoms with Crippen molar-refractivity contribution >= 4 is 50.2 Å². The third-order valence-electron chi connectivity index (χ3n) is 5.06. The summed E-state index contributed by atoms with van der Waals surface area (Å²) < 4.78 is 4.97. The zero-order valence-corrected chi connectivity index (χ0v) is 17.7. The summed E-state index contributed by atoms with van der Waals surface area (Å²) in [5.74, 6) is 0.0229. The summed E-state index contributed by atoms with van der Waals surface area (Å²) in [6, 6.07) is 24.3. The normalized spacial score (nSPS) is 11.3. The number of halogens is 1. The number of para-hydroxylation sites is 2. The van der Waals surface area contributed by atoms with E-state index in [0.717, 1.165) is 9.26 Å². The molecule has 0 aliphatic heterocycles. The minimum atomic E-state index is 0.0229.